The van der Waals surface area contributed by atoms with Crippen molar-refractivity contribution in [2.45, 2.75) is 25.4 Å². The molecule has 0 aromatic rings. The van der Waals surface area contributed by atoms with Gasteiger partial charge in [0, 0.05) is 19.6 Å². The third-order valence-corrected chi connectivity index (χ3v) is 2.83. The fourth-order valence-electron chi connectivity index (χ4n) is 2.07. The summed E-state index contributed by atoms with van der Waals surface area (Å²) in [6, 6.07) is 0. The summed E-state index contributed by atoms with van der Waals surface area (Å²) in [7, 11) is 3.88. The maximum Gasteiger partial charge on any atom is 0.409 e. The van der Waals surface area contributed by atoms with Crippen LogP contribution in [0.5, 0.6) is 0 Å². The molecule has 5 nitrogen and oxygen atoms in total. The maximum atomic E-state index is 11.4. The number of carbonyl (C=O) groups excluding carboxylic acids is 1. The smallest absolute Gasteiger partial charge is 0.409 e. The van der Waals surface area contributed by atoms with Gasteiger partial charge in [0.1, 0.15) is 0 Å². The molecule has 0 saturated carbocycles. The Hall–Kier alpha value is -0.810. The third kappa shape index (κ3) is 3.64. The molecule has 0 aliphatic carbocycles. The predicted octanol–water partition coefficient (Wildman–Crippen LogP) is 0.531. The number of carbonyl (C=O) groups is 1. The summed E-state index contributed by atoms with van der Waals surface area (Å²) in [5.74, 6) is 0. The minimum absolute atomic E-state index is 0.269. The molecule has 16 heavy (non-hydrogen) atoms. The lowest BCUT2D eigenvalue weighted by Crippen LogP contribution is -2.51. The van der Waals surface area contributed by atoms with Crippen molar-refractivity contribution in [1.82, 2.24) is 9.80 Å². The summed E-state index contributed by atoms with van der Waals surface area (Å²) >= 11 is 0. The third-order valence-electron chi connectivity index (χ3n) is 2.83. The Balaban J connectivity index is 2.41. The number of nitrogens with zero attached hydrogens (tertiary/aromatic N) is 2. The molecule has 5 heteroatoms. The highest BCUT2D eigenvalue weighted by Crippen LogP contribution is 2.23. The normalized spacial score (nSPS) is 19.9. The average molecular weight is 230 g/mol. The number of piperidine rings is 1. The summed E-state index contributed by atoms with van der Waals surface area (Å²) in [6.45, 7) is 3.98. The van der Waals surface area contributed by atoms with Crippen LogP contribution in [0.1, 0.15) is 19.8 Å². The van der Waals surface area contributed by atoms with E-state index in [0.717, 1.165) is 0 Å². The predicted molar refractivity (Wildman–Crippen MR) is 61.3 cm³/mol. The minimum Gasteiger partial charge on any atom is -0.450 e. The molecule has 1 aliphatic heterocycles. The number of hydrogen-bond donors (Lipinski definition) is 1. The van der Waals surface area contributed by atoms with Gasteiger partial charge in [-0.05, 0) is 33.9 Å². The van der Waals surface area contributed by atoms with E-state index in [-0.39, 0.29) is 6.09 Å². The van der Waals surface area contributed by atoms with Crippen LogP contribution < -0.4 is 0 Å². The summed E-state index contributed by atoms with van der Waals surface area (Å²) in [5, 5.41) is 10.3. The quantitative estimate of drug-likeness (QED) is 0.768. The molecular weight excluding hydrogens is 208 g/mol. The largest absolute Gasteiger partial charge is 0.450 e. The van der Waals surface area contributed by atoms with Gasteiger partial charge >= 0.3 is 6.09 Å². The van der Waals surface area contributed by atoms with Crippen molar-refractivity contribution in [3.8, 4) is 0 Å². The van der Waals surface area contributed by atoms with Gasteiger partial charge in [-0.15, -0.1) is 0 Å². The van der Waals surface area contributed by atoms with Crippen LogP contribution in [0, 0.1) is 0 Å². The molecule has 1 saturated heterocycles. The van der Waals surface area contributed by atoms with E-state index in [9.17, 15) is 9.90 Å². The first kappa shape index (κ1) is 13.3. The Morgan fingerprint density at radius 2 is 2.00 bits per heavy atom. The van der Waals surface area contributed by atoms with Crippen molar-refractivity contribution in [1.29, 1.82) is 0 Å². The molecule has 0 radical (unpaired) electrons. The molecule has 0 spiro atoms. The summed E-state index contributed by atoms with van der Waals surface area (Å²) in [5.41, 5.74) is -0.660. The number of hydrogen-bond acceptors (Lipinski definition) is 4. The molecule has 1 heterocycles. The second-order valence-electron chi connectivity index (χ2n) is 4.65. The number of amides is 1. The van der Waals surface area contributed by atoms with Crippen LogP contribution in [0.3, 0.4) is 0 Å². The van der Waals surface area contributed by atoms with Crippen LogP contribution in [0.25, 0.3) is 0 Å². The fourth-order valence-corrected chi connectivity index (χ4v) is 2.07. The zero-order chi connectivity index (χ0) is 12.2. The summed E-state index contributed by atoms with van der Waals surface area (Å²) in [6.07, 6.45) is 0.961. The van der Waals surface area contributed by atoms with E-state index in [1.807, 2.05) is 19.0 Å². The van der Waals surface area contributed by atoms with Crippen LogP contribution in [-0.4, -0.2) is 66.9 Å². The summed E-state index contributed by atoms with van der Waals surface area (Å²) in [4.78, 5) is 15.1. The zero-order valence-corrected chi connectivity index (χ0v) is 10.4. The number of likely N-dealkylation sites (tertiary alicyclic amines) is 1. The lowest BCUT2D eigenvalue weighted by atomic mass is 9.91. The van der Waals surface area contributed by atoms with Gasteiger partial charge in [0.2, 0.25) is 0 Å². The Labute approximate surface area is 97.0 Å². The van der Waals surface area contributed by atoms with Gasteiger partial charge in [-0.2, -0.15) is 0 Å². The van der Waals surface area contributed by atoms with Crippen molar-refractivity contribution in [2.75, 3.05) is 40.3 Å². The van der Waals surface area contributed by atoms with Crippen LogP contribution in [-0.2, 0) is 4.74 Å². The van der Waals surface area contributed by atoms with E-state index in [1.54, 1.807) is 11.8 Å². The molecule has 0 aromatic heterocycles. The number of ether oxygens (including phenoxy) is 1. The van der Waals surface area contributed by atoms with Gasteiger partial charge < -0.3 is 19.6 Å². The van der Waals surface area contributed by atoms with E-state index in [4.69, 9.17) is 4.74 Å². The van der Waals surface area contributed by atoms with Crippen LogP contribution in [0.4, 0.5) is 4.79 Å². The number of aliphatic hydroxyl groups is 1. The van der Waals surface area contributed by atoms with E-state index < -0.39 is 5.60 Å². The standard InChI is InChI=1S/C11H22N2O3/c1-4-16-10(14)13-7-5-11(15,6-8-13)9-12(2)3/h15H,4-9H2,1-3H3. The first-order chi connectivity index (χ1) is 7.47. The molecular formula is C11H22N2O3. The highest BCUT2D eigenvalue weighted by atomic mass is 16.6. The second-order valence-corrected chi connectivity index (χ2v) is 4.65. The van der Waals surface area contributed by atoms with E-state index in [1.165, 1.54) is 0 Å². The first-order valence-electron chi connectivity index (χ1n) is 5.76. The molecule has 1 fully saturated rings. The van der Waals surface area contributed by atoms with Gasteiger partial charge in [-0.1, -0.05) is 0 Å². The topological polar surface area (TPSA) is 53.0 Å². The van der Waals surface area contributed by atoms with E-state index >= 15 is 0 Å². The van der Waals surface area contributed by atoms with Crippen LogP contribution in [0.15, 0.2) is 0 Å². The van der Waals surface area contributed by atoms with Gasteiger partial charge in [0.15, 0.2) is 0 Å². The second kappa shape index (κ2) is 5.50. The maximum absolute atomic E-state index is 11.4. The van der Waals surface area contributed by atoms with Crippen LogP contribution >= 0.6 is 0 Å². The van der Waals surface area contributed by atoms with Gasteiger partial charge in [0.05, 0.1) is 12.2 Å². The van der Waals surface area contributed by atoms with Crippen molar-refractivity contribution < 1.29 is 14.6 Å². The van der Waals surface area contributed by atoms with E-state index in [2.05, 4.69) is 0 Å². The Bertz CT molecular complexity index is 235. The SMILES string of the molecule is CCOC(=O)N1CCC(O)(CN(C)C)CC1. The highest BCUT2D eigenvalue weighted by Gasteiger charge is 2.34. The molecule has 0 atom stereocenters. The highest BCUT2D eigenvalue weighted by molar-refractivity contribution is 5.67. The van der Waals surface area contributed by atoms with Crippen molar-refractivity contribution in [3.05, 3.63) is 0 Å². The average Bonchev–Trinajstić information content (AvgIpc) is 2.17. The fraction of sp³-hybridized carbons (Fsp3) is 0.909. The van der Waals surface area contributed by atoms with Gasteiger partial charge in [-0.3, -0.25) is 0 Å². The summed E-state index contributed by atoms with van der Waals surface area (Å²) < 4.78 is 4.93. The van der Waals surface area contributed by atoms with Crippen molar-refractivity contribution in [2.24, 2.45) is 0 Å². The van der Waals surface area contributed by atoms with Crippen molar-refractivity contribution in [3.63, 3.8) is 0 Å². The first-order valence-corrected chi connectivity index (χ1v) is 5.76. The van der Waals surface area contributed by atoms with Crippen LogP contribution in [0.2, 0.25) is 0 Å². The van der Waals surface area contributed by atoms with Gasteiger partial charge in [0.25, 0.3) is 0 Å². The molecule has 1 rings (SSSR count). The monoisotopic (exact) mass is 230 g/mol. The Kier molecular flexibility index (Phi) is 4.56. The molecule has 0 bridgehead atoms. The lowest BCUT2D eigenvalue weighted by Gasteiger charge is -2.39. The minimum atomic E-state index is -0.660. The van der Waals surface area contributed by atoms with Crippen molar-refractivity contribution >= 4 is 6.09 Å². The zero-order valence-electron chi connectivity index (χ0n) is 10.4. The van der Waals surface area contributed by atoms with Gasteiger partial charge in [-0.25, -0.2) is 4.79 Å². The Morgan fingerprint density at radius 1 is 1.44 bits per heavy atom. The molecule has 0 unspecified atom stereocenters. The number of rotatable bonds is 3. The molecule has 94 valence electrons. The molecule has 0 aromatic carbocycles. The lowest BCUT2D eigenvalue weighted by molar-refractivity contribution is -0.0353. The Morgan fingerprint density at radius 3 is 2.44 bits per heavy atom. The number of likely N-dealkylation sites (N-methyl/N-ethyl adjacent to an activating group) is 1. The van der Waals surface area contributed by atoms with E-state index in [0.29, 0.717) is 39.1 Å². The molecule has 1 N–H and O–H groups in total. The molecule has 1 amide bonds. The molecule has 1 aliphatic rings.